The number of hydrogen-bond donors (Lipinski definition) is 3. The second-order valence-corrected chi connectivity index (χ2v) is 13.6. The van der Waals surface area contributed by atoms with E-state index in [1.807, 2.05) is 42.0 Å². The third-order valence-electron chi connectivity index (χ3n) is 10.4. The average Bonchev–Trinajstić information content (AvgIpc) is 3.81. The van der Waals surface area contributed by atoms with E-state index in [0.717, 1.165) is 42.8 Å². The molecule has 0 radical (unpaired) electrons. The monoisotopic (exact) mass is 660 g/mol. The number of carbonyl (C=O) groups is 2. The Bertz CT molecular complexity index is 1690. The van der Waals surface area contributed by atoms with E-state index in [9.17, 15) is 14.7 Å². The maximum Gasteiger partial charge on any atom is 0.410 e. The molecule has 2 saturated heterocycles. The minimum Gasteiger partial charge on any atom is -0.446 e. The van der Waals surface area contributed by atoms with Crippen LogP contribution in [-0.2, 0) is 26.9 Å². The van der Waals surface area contributed by atoms with Crippen LogP contribution in [-0.4, -0.2) is 81.5 Å². The molecule has 2 unspecified atom stereocenters. The summed E-state index contributed by atoms with van der Waals surface area (Å²) in [7, 11) is 3.45. The maximum atomic E-state index is 13.7. The smallest absolute Gasteiger partial charge is 0.410 e. The van der Waals surface area contributed by atoms with Gasteiger partial charge in [-0.05, 0) is 98.2 Å². The number of nitrogens with zero attached hydrogens (tertiary/aromatic N) is 4. The number of aryl methyl sites for hydroxylation is 1. The number of halogens is 1. The van der Waals surface area contributed by atoms with Crippen molar-refractivity contribution in [2.24, 2.45) is 13.0 Å². The fourth-order valence-corrected chi connectivity index (χ4v) is 7.60. The minimum absolute atomic E-state index is 0.0729. The quantitative estimate of drug-likeness (QED) is 0.344. The summed E-state index contributed by atoms with van der Waals surface area (Å²) in [6.07, 6.45) is 10.8. The topological polar surface area (TPSA) is 131 Å². The van der Waals surface area contributed by atoms with Crippen molar-refractivity contribution in [2.45, 2.75) is 61.9 Å². The molecule has 11 nitrogen and oxygen atoms in total. The Labute approximate surface area is 279 Å². The number of pyridine rings is 1. The molecule has 3 fully saturated rings. The van der Waals surface area contributed by atoms with Gasteiger partial charge in [0, 0.05) is 44.4 Å². The Morgan fingerprint density at radius 2 is 1.91 bits per heavy atom. The molecule has 0 spiro atoms. The number of rotatable bonds is 7. The summed E-state index contributed by atoms with van der Waals surface area (Å²) in [5, 5.41) is 20.2. The largest absolute Gasteiger partial charge is 0.446 e. The highest BCUT2D eigenvalue weighted by Gasteiger charge is 2.52. The molecule has 2 aromatic heterocycles. The van der Waals surface area contributed by atoms with Gasteiger partial charge in [-0.25, -0.2) is 9.78 Å². The third-order valence-corrected chi connectivity index (χ3v) is 10.6. The zero-order chi connectivity index (χ0) is 32.8. The molecule has 3 N–H and O–H groups in total. The zero-order valence-electron chi connectivity index (χ0n) is 26.7. The zero-order valence-corrected chi connectivity index (χ0v) is 27.5. The van der Waals surface area contributed by atoms with Crippen LogP contribution in [0, 0.1) is 5.92 Å². The molecule has 3 aromatic rings. The number of hydrogen-bond acceptors (Lipinski definition) is 8. The van der Waals surface area contributed by atoms with Crippen molar-refractivity contribution in [3.63, 3.8) is 0 Å². The lowest BCUT2D eigenvalue weighted by atomic mass is 9.72. The fourth-order valence-electron chi connectivity index (χ4n) is 7.43. The molecular formula is C35H41ClN6O5. The molecule has 7 rings (SSSR count). The molecule has 4 heterocycles. The number of imidazole rings is 1. The molecule has 1 saturated carbocycles. The van der Waals surface area contributed by atoms with Crippen molar-refractivity contribution >= 4 is 35.3 Å². The van der Waals surface area contributed by atoms with E-state index < -0.39 is 17.2 Å². The second-order valence-electron chi connectivity index (χ2n) is 13.1. The summed E-state index contributed by atoms with van der Waals surface area (Å²) in [6, 6.07) is 8.64. The van der Waals surface area contributed by atoms with Gasteiger partial charge in [0.1, 0.15) is 17.3 Å². The lowest BCUT2D eigenvalue weighted by molar-refractivity contribution is -0.134. The first kappa shape index (κ1) is 31.8. The van der Waals surface area contributed by atoms with Crippen LogP contribution in [0.2, 0.25) is 5.02 Å². The summed E-state index contributed by atoms with van der Waals surface area (Å²) in [5.41, 5.74) is 1.76. The highest BCUT2D eigenvalue weighted by atomic mass is 35.5. The molecule has 2 aliphatic heterocycles. The normalized spacial score (nSPS) is 23.1. The first-order chi connectivity index (χ1) is 22.7. The van der Waals surface area contributed by atoms with Gasteiger partial charge in [-0.15, -0.1) is 0 Å². The molecule has 0 bridgehead atoms. The summed E-state index contributed by atoms with van der Waals surface area (Å²) < 4.78 is 13.3. The van der Waals surface area contributed by atoms with Crippen LogP contribution in [0.4, 0.5) is 4.79 Å². The van der Waals surface area contributed by atoms with Crippen molar-refractivity contribution in [1.82, 2.24) is 30.1 Å². The second kappa shape index (κ2) is 12.7. The van der Waals surface area contributed by atoms with Crippen molar-refractivity contribution in [3.8, 4) is 0 Å². The number of ether oxygens (including phenoxy) is 2. The molecule has 47 heavy (non-hydrogen) atoms. The number of carbonyl (C=O) groups excluding carboxylic acids is 2. The lowest BCUT2D eigenvalue weighted by Gasteiger charge is -2.42. The Morgan fingerprint density at radius 1 is 1.15 bits per heavy atom. The molecule has 1 aromatic carbocycles. The first-order valence-corrected chi connectivity index (χ1v) is 16.8. The van der Waals surface area contributed by atoms with Gasteiger partial charge in [0.15, 0.2) is 0 Å². The van der Waals surface area contributed by atoms with Crippen molar-refractivity contribution < 1.29 is 24.2 Å². The van der Waals surface area contributed by atoms with E-state index in [-0.39, 0.29) is 24.0 Å². The Balaban J connectivity index is 1.27. The van der Waals surface area contributed by atoms with E-state index in [1.165, 1.54) is 0 Å². The van der Waals surface area contributed by atoms with Crippen LogP contribution < -0.4 is 10.6 Å². The van der Waals surface area contributed by atoms with Crippen LogP contribution in [0.25, 0.3) is 11.6 Å². The lowest BCUT2D eigenvalue weighted by Crippen LogP contribution is -2.48. The number of nitrogens with one attached hydrogen (secondary N) is 2. The van der Waals surface area contributed by atoms with E-state index >= 15 is 0 Å². The fraction of sp³-hybridized carbons (Fsp3) is 0.486. The van der Waals surface area contributed by atoms with Gasteiger partial charge in [0.05, 0.1) is 30.0 Å². The molecule has 248 valence electrons. The van der Waals surface area contributed by atoms with Crippen molar-refractivity contribution in [3.05, 3.63) is 82.2 Å². The number of aromatic nitrogens is 3. The van der Waals surface area contributed by atoms with Gasteiger partial charge in [0.25, 0.3) is 5.91 Å². The standard InChI is InChI=1S/C35H41ClN6O5/c1-41-21-38-20-29(41)30(40-32(43)34(46-2)11-12-34)27-18-22-4-3-13-39-31(22)35(45,28-6-5-24(36)19-26(27)28)23-9-16-42(17-10-23)33(44)47-25-7-14-37-15-8-25/h3-6,13,18-21,23,25,30,37,45H,7-12,14-17H2,1-2H3,(H,40,43). The molecular weight excluding hydrogens is 620 g/mol. The SMILES string of the molecule is COC1(C(=O)NC(C2=Cc3cccnc3C(O)(C3CCN(C(=O)OC4CCNCC4)CC3)c3ccc(Cl)cc32)c2cncn2C)CC1. The molecule has 2 aliphatic carbocycles. The van der Waals surface area contributed by atoms with Crippen LogP contribution in [0.3, 0.4) is 0 Å². The molecule has 2 atom stereocenters. The van der Waals surface area contributed by atoms with Gasteiger partial charge >= 0.3 is 6.09 Å². The summed E-state index contributed by atoms with van der Waals surface area (Å²) in [5.74, 6) is -0.468. The Hall–Kier alpha value is -3.77. The van der Waals surface area contributed by atoms with Crippen LogP contribution >= 0.6 is 11.6 Å². The van der Waals surface area contributed by atoms with Crippen LogP contribution in [0.5, 0.6) is 0 Å². The number of aliphatic hydroxyl groups is 1. The molecule has 2 amide bonds. The van der Waals surface area contributed by atoms with Gasteiger partial charge in [-0.1, -0.05) is 23.7 Å². The number of fused-ring (bicyclic) bond motifs is 2. The number of benzene rings is 1. The van der Waals surface area contributed by atoms with Crippen molar-refractivity contribution in [1.29, 1.82) is 0 Å². The highest BCUT2D eigenvalue weighted by molar-refractivity contribution is 6.30. The summed E-state index contributed by atoms with van der Waals surface area (Å²) in [4.78, 5) is 37.7. The van der Waals surface area contributed by atoms with Gasteiger partial charge in [0.2, 0.25) is 0 Å². The first-order valence-electron chi connectivity index (χ1n) is 16.4. The number of likely N-dealkylation sites (tertiary alicyclic amines) is 1. The van der Waals surface area contributed by atoms with E-state index in [1.54, 1.807) is 36.8 Å². The van der Waals surface area contributed by atoms with Crippen molar-refractivity contribution in [2.75, 3.05) is 33.3 Å². The number of amides is 2. The summed E-state index contributed by atoms with van der Waals surface area (Å²) >= 11 is 6.68. The average molecular weight is 661 g/mol. The predicted molar refractivity (Wildman–Crippen MR) is 176 cm³/mol. The highest BCUT2D eigenvalue weighted by Crippen LogP contribution is 2.50. The Kier molecular flexibility index (Phi) is 8.58. The Morgan fingerprint density at radius 3 is 2.60 bits per heavy atom. The molecule has 4 aliphatic rings. The van der Waals surface area contributed by atoms with Crippen LogP contribution in [0.15, 0.2) is 49.1 Å². The summed E-state index contributed by atoms with van der Waals surface area (Å²) in [6.45, 7) is 2.60. The van der Waals surface area contributed by atoms with Gasteiger partial charge in [-0.3, -0.25) is 9.78 Å². The minimum atomic E-state index is -1.51. The van der Waals surface area contributed by atoms with E-state index in [4.69, 9.17) is 26.1 Å². The van der Waals surface area contributed by atoms with E-state index in [0.29, 0.717) is 60.6 Å². The van der Waals surface area contributed by atoms with Gasteiger partial charge in [-0.2, -0.15) is 0 Å². The van der Waals surface area contributed by atoms with Gasteiger partial charge < -0.3 is 34.7 Å². The number of methoxy groups -OCH3 is 1. The number of piperidine rings is 2. The van der Waals surface area contributed by atoms with E-state index in [2.05, 4.69) is 15.6 Å². The third kappa shape index (κ3) is 5.83. The predicted octanol–water partition coefficient (Wildman–Crippen LogP) is 4.20. The maximum absolute atomic E-state index is 13.7. The van der Waals surface area contributed by atoms with Crippen LogP contribution in [0.1, 0.15) is 72.6 Å². The molecule has 12 heteroatoms.